The summed E-state index contributed by atoms with van der Waals surface area (Å²) in [6, 6.07) is 10.3. The first kappa shape index (κ1) is 34.1. The number of carbonyl (C=O) groups excluding carboxylic acids is 1. The first-order chi connectivity index (χ1) is 25.6. The molecule has 278 valence electrons. The van der Waals surface area contributed by atoms with E-state index in [4.69, 9.17) is 4.74 Å². The number of hydrogen-bond acceptors (Lipinski definition) is 7. The Morgan fingerprint density at radius 3 is 2.23 bits per heavy atom. The lowest BCUT2D eigenvalue weighted by Gasteiger charge is -2.59. The van der Waals surface area contributed by atoms with Crippen LogP contribution in [-0.2, 0) is 11.0 Å². The van der Waals surface area contributed by atoms with Crippen molar-refractivity contribution >= 4 is 28.7 Å². The van der Waals surface area contributed by atoms with Crippen LogP contribution >= 0.6 is 0 Å². The summed E-state index contributed by atoms with van der Waals surface area (Å²) in [7, 11) is 0. The Labute approximate surface area is 305 Å². The second-order valence-corrected chi connectivity index (χ2v) is 15.9. The number of anilines is 1. The average molecular weight is 729 g/mol. The van der Waals surface area contributed by atoms with E-state index in [9.17, 15) is 27.9 Å². The van der Waals surface area contributed by atoms with Crippen LogP contribution in [0.15, 0.2) is 55.0 Å². The molecule has 1 saturated heterocycles. The van der Waals surface area contributed by atoms with Gasteiger partial charge in [-0.25, -0.2) is 19.7 Å². The molecule has 5 aliphatic carbocycles. The molecule has 2 N–H and O–H groups in total. The minimum atomic E-state index is -4.95. The SMILES string of the molecule is O=C(NC1(C(=O)O)C2CC3CC(C2)CC1C3)c1ccc(-c2cn(C3CCCC3)c3cc(OC4CCN(c5ncccn5)CC4)ccc23)nc1C(F)(F)F. The molecule has 1 amide bonds. The number of pyridine rings is 1. The number of aromatic nitrogens is 4. The Balaban J connectivity index is 1.02. The van der Waals surface area contributed by atoms with Crippen LogP contribution in [0, 0.1) is 23.7 Å². The number of carboxylic acid groups (broad SMARTS) is 1. The first-order valence-corrected chi connectivity index (χ1v) is 19.0. The highest BCUT2D eigenvalue weighted by Crippen LogP contribution is 2.58. The highest BCUT2D eigenvalue weighted by Gasteiger charge is 2.62. The maximum Gasteiger partial charge on any atom is 0.434 e. The lowest BCUT2D eigenvalue weighted by Crippen LogP contribution is -2.70. The Morgan fingerprint density at radius 1 is 0.906 bits per heavy atom. The molecule has 4 bridgehead atoms. The number of amides is 1. The van der Waals surface area contributed by atoms with Crippen LogP contribution in [-0.4, -0.2) is 61.2 Å². The molecule has 5 saturated carbocycles. The molecule has 6 fully saturated rings. The van der Waals surface area contributed by atoms with E-state index in [2.05, 4.69) is 29.7 Å². The Morgan fingerprint density at radius 2 is 1.58 bits per heavy atom. The molecule has 10 rings (SSSR count). The Bertz CT molecular complexity index is 2010. The van der Waals surface area contributed by atoms with Gasteiger partial charge in [-0.05, 0) is 98.9 Å². The van der Waals surface area contributed by atoms with E-state index < -0.39 is 34.8 Å². The number of hydrogen-bond donors (Lipinski definition) is 2. The lowest BCUT2D eigenvalue weighted by molar-refractivity contribution is -0.163. The molecular weight excluding hydrogens is 685 g/mol. The lowest BCUT2D eigenvalue weighted by atomic mass is 9.48. The van der Waals surface area contributed by atoms with E-state index in [1.165, 1.54) is 6.07 Å². The summed E-state index contributed by atoms with van der Waals surface area (Å²) in [5.74, 6) is -0.562. The molecule has 6 aliphatic rings. The van der Waals surface area contributed by atoms with Gasteiger partial charge in [0.25, 0.3) is 5.91 Å². The fourth-order valence-corrected chi connectivity index (χ4v) is 10.6. The zero-order valence-corrected chi connectivity index (χ0v) is 29.4. The molecule has 13 heteroatoms. The smallest absolute Gasteiger partial charge is 0.434 e. The van der Waals surface area contributed by atoms with Gasteiger partial charge in [0.2, 0.25) is 5.95 Å². The number of alkyl halides is 3. The molecule has 0 spiro atoms. The molecule has 0 radical (unpaired) electrons. The Hall–Kier alpha value is -4.68. The van der Waals surface area contributed by atoms with Crippen molar-refractivity contribution < 1.29 is 32.6 Å². The number of nitrogens with one attached hydrogen (secondary N) is 1. The zero-order valence-electron chi connectivity index (χ0n) is 29.4. The van der Waals surface area contributed by atoms with Crippen LogP contribution in [0.25, 0.3) is 22.2 Å². The summed E-state index contributed by atoms with van der Waals surface area (Å²) < 4.78 is 53.0. The second kappa shape index (κ2) is 13.0. The van der Waals surface area contributed by atoms with Crippen LogP contribution in [0.1, 0.15) is 92.7 Å². The van der Waals surface area contributed by atoms with Crippen molar-refractivity contribution in [3.63, 3.8) is 0 Å². The zero-order chi connectivity index (χ0) is 36.5. The molecule has 4 aromatic rings. The van der Waals surface area contributed by atoms with E-state index in [0.29, 0.717) is 54.8 Å². The average Bonchev–Trinajstić information content (AvgIpc) is 3.81. The van der Waals surface area contributed by atoms with E-state index in [1.54, 1.807) is 18.5 Å². The summed E-state index contributed by atoms with van der Waals surface area (Å²) >= 11 is 0. The molecule has 10 nitrogen and oxygen atoms in total. The maximum atomic E-state index is 14.8. The van der Waals surface area contributed by atoms with Gasteiger partial charge in [-0.1, -0.05) is 12.8 Å². The third kappa shape index (κ3) is 6.00. The van der Waals surface area contributed by atoms with Gasteiger partial charge >= 0.3 is 12.1 Å². The van der Waals surface area contributed by atoms with Gasteiger partial charge in [-0.15, -0.1) is 0 Å². The minimum Gasteiger partial charge on any atom is -0.490 e. The minimum absolute atomic E-state index is 0.00406. The number of carboxylic acids is 1. The number of nitrogens with zero attached hydrogens (tertiary/aromatic N) is 5. The number of ether oxygens (including phenoxy) is 1. The predicted molar refractivity (Wildman–Crippen MR) is 190 cm³/mol. The second-order valence-electron chi connectivity index (χ2n) is 15.9. The van der Waals surface area contributed by atoms with Crippen molar-refractivity contribution in [2.24, 2.45) is 23.7 Å². The molecule has 3 aromatic heterocycles. The van der Waals surface area contributed by atoms with Crippen molar-refractivity contribution in [2.75, 3.05) is 18.0 Å². The normalized spacial score (nSPS) is 27.4. The monoisotopic (exact) mass is 728 g/mol. The van der Waals surface area contributed by atoms with Gasteiger partial charge in [-0.2, -0.15) is 13.2 Å². The van der Waals surface area contributed by atoms with E-state index in [0.717, 1.165) is 75.0 Å². The molecular formula is C40H43F3N6O4. The van der Waals surface area contributed by atoms with Gasteiger partial charge < -0.3 is 24.6 Å². The highest BCUT2D eigenvalue weighted by molar-refractivity contribution is 6.00. The fourth-order valence-electron chi connectivity index (χ4n) is 10.6. The van der Waals surface area contributed by atoms with E-state index in [-0.39, 0.29) is 29.7 Å². The predicted octanol–water partition coefficient (Wildman–Crippen LogP) is 7.68. The third-order valence-electron chi connectivity index (χ3n) is 12.9. The van der Waals surface area contributed by atoms with Crippen molar-refractivity contribution in [1.29, 1.82) is 0 Å². The van der Waals surface area contributed by atoms with Crippen molar-refractivity contribution in [1.82, 2.24) is 24.8 Å². The van der Waals surface area contributed by atoms with Crippen molar-refractivity contribution in [3.8, 4) is 17.0 Å². The summed E-state index contributed by atoms with van der Waals surface area (Å²) in [5.41, 5.74) is -2.05. The topological polar surface area (TPSA) is 122 Å². The van der Waals surface area contributed by atoms with Gasteiger partial charge in [0.1, 0.15) is 17.4 Å². The molecule has 0 unspecified atom stereocenters. The number of rotatable bonds is 8. The van der Waals surface area contributed by atoms with Crippen LogP contribution in [0.5, 0.6) is 5.75 Å². The van der Waals surface area contributed by atoms with E-state index in [1.807, 2.05) is 24.4 Å². The first-order valence-electron chi connectivity index (χ1n) is 19.0. The third-order valence-corrected chi connectivity index (χ3v) is 12.9. The van der Waals surface area contributed by atoms with Gasteiger partial charge in [0.05, 0.1) is 16.8 Å². The van der Waals surface area contributed by atoms with Crippen LogP contribution < -0.4 is 15.0 Å². The number of piperidine rings is 1. The summed E-state index contributed by atoms with van der Waals surface area (Å²) in [4.78, 5) is 41.7. The van der Waals surface area contributed by atoms with Gasteiger partial charge in [0.15, 0.2) is 5.69 Å². The molecule has 1 aromatic carbocycles. The fraction of sp³-hybridized carbons (Fsp3) is 0.525. The molecule has 0 atom stereocenters. The largest absolute Gasteiger partial charge is 0.490 e. The maximum absolute atomic E-state index is 14.8. The number of benzene rings is 1. The number of fused-ring (bicyclic) bond motifs is 1. The number of aliphatic carboxylic acids is 1. The summed E-state index contributed by atoms with van der Waals surface area (Å²) in [6.07, 6.45) is 9.81. The van der Waals surface area contributed by atoms with Crippen molar-refractivity contribution in [2.45, 2.75) is 94.5 Å². The van der Waals surface area contributed by atoms with Crippen LogP contribution in [0.2, 0.25) is 0 Å². The summed E-state index contributed by atoms with van der Waals surface area (Å²) in [6.45, 7) is 1.53. The standard InChI is InChI=1S/C40H43F3N6O4/c41-40(42,43)35-31(36(50)47-39(37(51)52)25-17-23-16-24(19-25)20-26(39)18-23)8-9-33(46-35)32-22-49(27-4-1-2-5-27)34-21-29(6-7-30(32)34)53-28-10-14-48(15-11-28)38-44-12-3-13-45-38/h3,6-9,12-13,21-28H,1-2,4-5,10-11,14-20H2,(H,47,50)(H,51,52). The molecule has 4 heterocycles. The number of halogens is 3. The number of carbonyl (C=O) groups is 2. The van der Waals surface area contributed by atoms with Crippen LogP contribution in [0.4, 0.5) is 19.1 Å². The summed E-state index contributed by atoms with van der Waals surface area (Å²) in [5, 5.41) is 13.9. The molecule has 53 heavy (non-hydrogen) atoms. The van der Waals surface area contributed by atoms with E-state index >= 15 is 0 Å². The van der Waals surface area contributed by atoms with Crippen LogP contribution in [0.3, 0.4) is 0 Å². The van der Waals surface area contributed by atoms with Gasteiger partial charge in [0, 0.05) is 67.6 Å². The quantitative estimate of drug-likeness (QED) is 0.190. The molecule has 1 aliphatic heterocycles. The Kier molecular flexibility index (Phi) is 8.38. The van der Waals surface area contributed by atoms with Crippen molar-refractivity contribution in [3.05, 3.63) is 66.2 Å². The van der Waals surface area contributed by atoms with Gasteiger partial charge in [-0.3, -0.25) is 4.79 Å². The highest BCUT2D eigenvalue weighted by atomic mass is 19.4.